The van der Waals surface area contributed by atoms with Crippen LogP contribution in [0.2, 0.25) is 0 Å². The fourth-order valence-corrected chi connectivity index (χ4v) is 1.99. The molecule has 0 saturated carbocycles. The Bertz CT molecular complexity index is 292. The summed E-state index contributed by atoms with van der Waals surface area (Å²) >= 11 is 0. The highest BCUT2D eigenvalue weighted by molar-refractivity contribution is 5.42. The van der Waals surface area contributed by atoms with Crippen LogP contribution in [0.4, 0.5) is 5.82 Å². The molecule has 76 valence electrons. The molecule has 1 aromatic rings. The molecule has 1 aliphatic rings. The van der Waals surface area contributed by atoms with Gasteiger partial charge in [0, 0.05) is 19.3 Å². The van der Waals surface area contributed by atoms with Crippen molar-refractivity contribution in [1.29, 1.82) is 0 Å². The minimum atomic E-state index is 0.00622. The van der Waals surface area contributed by atoms with Crippen LogP contribution in [0.1, 0.15) is 19.8 Å². The SMILES string of the molecule is CCCC1(N)CN(c2cccnn2)C1. The quantitative estimate of drug-likeness (QED) is 0.769. The summed E-state index contributed by atoms with van der Waals surface area (Å²) in [5.74, 6) is 0.935. The Morgan fingerprint density at radius 3 is 2.93 bits per heavy atom. The van der Waals surface area contributed by atoms with Gasteiger partial charge in [-0.25, -0.2) is 0 Å². The van der Waals surface area contributed by atoms with E-state index in [9.17, 15) is 0 Å². The maximum absolute atomic E-state index is 6.15. The number of aromatic nitrogens is 2. The molecule has 0 amide bonds. The predicted molar refractivity (Wildman–Crippen MR) is 56.1 cm³/mol. The highest BCUT2D eigenvalue weighted by atomic mass is 15.3. The minimum absolute atomic E-state index is 0.00622. The van der Waals surface area contributed by atoms with Crippen LogP contribution in [0, 0.1) is 0 Å². The second-order valence-corrected chi connectivity index (χ2v) is 4.05. The van der Waals surface area contributed by atoms with Gasteiger partial charge in [0.2, 0.25) is 0 Å². The molecule has 2 rings (SSSR count). The van der Waals surface area contributed by atoms with E-state index in [1.807, 2.05) is 12.1 Å². The van der Waals surface area contributed by atoms with Crippen LogP contribution in [0.3, 0.4) is 0 Å². The summed E-state index contributed by atoms with van der Waals surface area (Å²) in [6.07, 6.45) is 3.92. The molecule has 1 fully saturated rings. The Balaban J connectivity index is 1.95. The lowest BCUT2D eigenvalue weighted by molar-refractivity contribution is 0.305. The Morgan fingerprint density at radius 1 is 1.57 bits per heavy atom. The van der Waals surface area contributed by atoms with Gasteiger partial charge in [-0.05, 0) is 18.6 Å². The van der Waals surface area contributed by atoms with Gasteiger partial charge in [-0.15, -0.1) is 5.10 Å². The van der Waals surface area contributed by atoms with Crippen LogP contribution in [0.15, 0.2) is 18.3 Å². The summed E-state index contributed by atoms with van der Waals surface area (Å²) < 4.78 is 0. The lowest BCUT2D eigenvalue weighted by Gasteiger charge is -2.48. The standard InChI is InChI=1S/C10H16N4/c1-2-5-10(11)7-14(8-10)9-4-3-6-12-13-9/h3-4,6H,2,5,7-8,11H2,1H3. The van der Waals surface area contributed by atoms with Gasteiger partial charge in [-0.2, -0.15) is 5.10 Å². The third kappa shape index (κ3) is 1.70. The largest absolute Gasteiger partial charge is 0.351 e. The van der Waals surface area contributed by atoms with E-state index in [1.54, 1.807) is 6.20 Å². The molecule has 4 nitrogen and oxygen atoms in total. The molecule has 0 aliphatic carbocycles. The Labute approximate surface area is 84.1 Å². The van der Waals surface area contributed by atoms with E-state index in [0.29, 0.717) is 0 Å². The summed E-state index contributed by atoms with van der Waals surface area (Å²) in [7, 11) is 0. The fraction of sp³-hybridized carbons (Fsp3) is 0.600. The van der Waals surface area contributed by atoms with Crippen LogP contribution >= 0.6 is 0 Å². The van der Waals surface area contributed by atoms with Crippen LogP contribution in [-0.2, 0) is 0 Å². The van der Waals surface area contributed by atoms with Gasteiger partial charge in [0.25, 0.3) is 0 Å². The van der Waals surface area contributed by atoms with E-state index < -0.39 is 0 Å². The lowest BCUT2D eigenvalue weighted by atomic mass is 9.86. The van der Waals surface area contributed by atoms with E-state index in [1.165, 1.54) is 0 Å². The van der Waals surface area contributed by atoms with E-state index in [-0.39, 0.29) is 5.54 Å². The summed E-state index contributed by atoms with van der Waals surface area (Å²) in [4.78, 5) is 2.17. The highest BCUT2D eigenvalue weighted by Crippen LogP contribution is 2.26. The van der Waals surface area contributed by atoms with Crippen LogP contribution in [0.25, 0.3) is 0 Å². The molecule has 0 spiro atoms. The maximum atomic E-state index is 6.15. The Morgan fingerprint density at radius 2 is 2.36 bits per heavy atom. The number of nitrogens with two attached hydrogens (primary N) is 1. The van der Waals surface area contributed by atoms with E-state index in [0.717, 1.165) is 31.7 Å². The zero-order chi connectivity index (χ0) is 10.0. The average molecular weight is 192 g/mol. The van der Waals surface area contributed by atoms with Gasteiger partial charge in [0.05, 0.1) is 5.54 Å². The summed E-state index contributed by atoms with van der Waals surface area (Å²) in [6.45, 7) is 3.97. The molecular weight excluding hydrogens is 176 g/mol. The van der Waals surface area contributed by atoms with Gasteiger partial charge in [-0.1, -0.05) is 13.3 Å². The molecule has 2 heterocycles. The molecule has 0 radical (unpaired) electrons. The first-order chi connectivity index (χ1) is 6.73. The summed E-state index contributed by atoms with van der Waals surface area (Å²) in [6, 6.07) is 3.87. The van der Waals surface area contributed by atoms with E-state index in [4.69, 9.17) is 5.73 Å². The van der Waals surface area contributed by atoms with Crippen molar-refractivity contribution in [2.75, 3.05) is 18.0 Å². The first-order valence-corrected chi connectivity index (χ1v) is 5.05. The molecule has 1 saturated heterocycles. The molecule has 0 bridgehead atoms. The van der Waals surface area contributed by atoms with Gasteiger partial charge < -0.3 is 10.6 Å². The Kier molecular flexibility index (Phi) is 2.37. The molecule has 14 heavy (non-hydrogen) atoms. The van der Waals surface area contributed by atoms with Crippen molar-refractivity contribution in [1.82, 2.24) is 10.2 Å². The van der Waals surface area contributed by atoms with Crippen molar-refractivity contribution in [3.05, 3.63) is 18.3 Å². The molecule has 0 atom stereocenters. The number of rotatable bonds is 3. The number of hydrogen-bond donors (Lipinski definition) is 1. The topological polar surface area (TPSA) is 55.0 Å². The molecule has 4 heteroatoms. The molecule has 1 aromatic heterocycles. The van der Waals surface area contributed by atoms with Crippen molar-refractivity contribution in [3.8, 4) is 0 Å². The van der Waals surface area contributed by atoms with Gasteiger partial charge >= 0.3 is 0 Å². The first-order valence-electron chi connectivity index (χ1n) is 5.05. The van der Waals surface area contributed by atoms with Crippen molar-refractivity contribution in [2.45, 2.75) is 25.3 Å². The van der Waals surface area contributed by atoms with Crippen LogP contribution in [0.5, 0.6) is 0 Å². The normalized spacial score (nSPS) is 19.1. The van der Waals surface area contributed by atoms with Gasteiger partial charge in [0.15, 0.2) is 5.82 Å². The molecule has 1 aliphatic heterocycles. The number of nitrogens with zero attached hydrogens (tertiary/aromatic N) is 3. The third-order valence-corrected chi connectivity index (χ3v) is 2.64. The third-order valence-electron chi connectivity index (χ3n) is 2.64. The van der Waals surface area contributed by atoms with E-state index in [2.05, 4.69) is 22.0 Å². The van der Waals surface area contributed by atoms with Gasteiger partial charge in [0.1, 0.15) is 0 Å². The minimum Gasteiger partial charge on any atom is -0.351 e. The molecule has 2 N–H and O–H groups in total. The van der Waals surface area contributed by atoms with Crippen LogP contribution < -0.4 is 10.6 Å². The second-order valence-electron chi connectivity index (χ2n) is 4.05. The lowest BCUT2D eigenvalue weighted by Crippen LogP contribution is -2.67. The first kappa shape index (κ1) is 9.40. The summed E-state index contributed by atoms with van der Waals surface area (Å²) in [5.41, 5.74) is 6.16. The van der Waals surface area contributed by atoms with Crippen molar-refractivity contribution in [3.63, 3.8) is 0 Å². The summed E-state index contributed by atoms with van der Waals surface area (Å²) in [5, 5.41) is 7.90. The predicted octanol–water partition coefficient (Wildman–Crippen LogP) is 0.794. The fourth-order valence-electron chi connectivity index (χ4n) is 1.99. The van der Waals surface area contributed by atoms with Crippen molar-refractivity contribution >= 4 is 5.82 Å². The zero-order valence-corrected chi connectivity index (χ0v) is 8.48. The number of anilines is 1. The Hall–Kier alpha value is -1.16. The van der Waals surface area contributed by atoms with Gasteiger partial charge in [-0.3, -0.25) is 0 Å². The molecule has 0 aromatic carbocycles. The van der Waals surface area contributed by atoms with E-state index >= 15 is 0 Å². The van der Waals surface area contributed by atoms with Crippen LogP contribution in [-0.4, -0.2) is 28.8 Å². The van der Waals surface area contributed by atoms with Crippen molar-refractivity contribution < 1.29 is 0 Å². The van der Waals surface area contributed by atoms with Crippen molar-refractivity contribution in [2.24, 2.45) is 5.73 Å². The average Bonchev–Trinajstić information content (AvgIpc) is 2.16. The maximum Gasteiger partial charge on any atom is 0.151 e. The molecular formula is C10H16N4. The smallest absolute Gasteiger partial charge is 0.151 e. The monoisotopic (exact) mass is 192 g/mol. The highest BCUT2D eigenvalue weighted by Gasteiger charge is 2.39. The molecule has 0 unspecified atom stereocenters. The zero-order valence-electron chi connectivity index (χ0n) is 8.48. The second kappa shape index (κ2) is 3.53. The number of hydrogen-bond acceptors (Lipinski definition) is 4.